The smallest absolute Gasteiger partial charge is 0.127 e. The van der Waals surface area contributed by atoms with E-state index in [1.54, 1.807) is 0 Å². The van der Waals surface area contributed by atoms with E-state index < -0.39 is 0 Å². The highest BCUT2D eigenvalue weighted by Crippen LogP contribution is 2.45. The molecule has 1 aliphatic rings. The number of hydrogen-bond donors (Lipinski definition) is 1. The molecule has 0 saturated heterocycles. The predicted molar refractivity (Wildman–Crippen MR) is 157 cm³/mol. The van der Waals surface area contributed by atoms with Crippen LogP contribution in [0.15, 0.2) is 0 Å². The van der Waals surface area contributed by atoms with Crippen molar-refractivity contribution in [2.45, 2.75) is 138 Å². The van der Waals surface area contributed by atoms with Crippen molar-refractivity contribution in [3.8, 4) is 11.5 Å². The Kier molecular flexibility index (Phi) is 13.4. The van der Waals surface area contributed by atoms with Gasteiger partial charge in [-0.05, 0) is 106 Å². The Labute approximate surface area is 228 Å². The molecule has 1 aliphatic heterocycles. The van der Waals surface area contributed by atoms with Crippen molar-refractivity contribution < 1.29 is 9.47 Å². The Hall–Kier alpha value is -0.930. The summed E-state index contributed by atoms with van der Waals surface area (Å²) in [4.78, 5) is 2.67. The van der Waals surface area contributed by atoms with Crippen molar-refractivity contribution >= 4 is 11.8 Å². The molecule has 208 valence electrons. The molecule has 3 nitrogen and oxygen atoms in total. The molecule has 0 bridgehead atoms. The van der Waals surface area contributed by atoms with E-state index in [-0.39, 0.29) is 5.60 Å². The van der Waals surface area contributed by atoms with Crippen LogP contribution in [-0.4, -0.2) is 18.8 Å². The lowest BCUT2D eigenvalue weighted by molar-refractivity contribution is 0.0511. The van der Waals surface area contributed by atoms with Crippen molar-refractivity contribution in [3.05, 3.63) is 22.3 Å². The minimum atomic E-state index is -0.0598. The molecule has 0 spiro atoms. The third-order valence-electron chi connectivity index (χ3n) is 8.50. The minimum absolute atomic E-state index is 0.0598. The molecule has 2 rings (SSSR count). The zero-order chi connectivity index (χ0) is 26.7. The van der Waals surface area contributed by atoms with Gasteiger partial charge in [0.05, 0.1) is 6.61 Å². The van der Waals surface area contributed by atoms with Gasteiger partial charge < -0.3 is 9.47 Å². The summed E-state index contributed by atoms with van der Waals surface area (Å²) >= 11 is 5.58. The molecule has 0 saturated carbocycles. The van der Waals surface area contributed by atoms with Crippen LogP contribution in [0.25, 0.3) is 0 Å². The van der Waals surface area contributed by atoms with Crippen LogP contribution in [0.1, 0.15) is 128 Å². The summed E-state index contributed by atoms with van der Waals surface area (Å²) in [5.74, 6) is 4.70. The molecule has 0 radical (unpaired) electrons. The maximum atomic E-state index is 6.78. The lowest BCUT2D eigenvalue weighted by atomic mass is 9.83. The first kappa shape index (κ1) is 31.3. The average Bonchev–Trinajstić information content (AvgIpc) is 2.82. The van der Waals surface area contributed by atoms with Gasteiger partial charge in [0.15, 0.2) is 0 Å². The number of benzene rings is 1. The number of hydrogen-bond acceptors (Lipinski definition) is 3. The molecule has 36 heavy (non-hydrogen) atoms. The molecule has 0 aliphatic carbocycles. The molecule has 1 aromatic carbocycles. The van der Waals surface area contributed by atoms with E-state index in [0.29, 0.717) is 6.61 Å². The van der Waals surface area contributed by atoms with Gasteiger partial charge in [-0.3, -0.25) is 0 Å². The first-order valence-corrected chi connectivity index (χ1v) is 15.2. The molecular formula is C32H56ClNO2. The van der Waals surface area contributed by atoms with Gasteiger partial charge in [0.1, 0.15) is 17.1 Å². The molecule has 1 aromatic rings. The number of halogens is 1. The van der Waals surface area contributed by atoms with Gasteiger partial charge in [-0.25, -0.2) is 4.84 Å². The first-order chi connectivity index (χ1) is 17.1. The van der Waals surface area contributed by atoms with Crippen LogP contribution >= 0.6 is 11.8 Å². The fraction of sp³-hybridized carbons (Fsp3) is 0.812. The van der Waals surface area contributed by atoms with Gasteiger partial charge in [0.25, 0.3) is 0 Å². The Bertz CT molecular complexity index is 793. The zero-order valence-electron chi connectivity index (χ0n) is 24.8. The van der Waals surface area contributed by atoms with Gasteiger partial charge in [0, 0.05) is 12.1 Å². The molecule has 1 heterocycles. The Morgan fingerprint density at radius 3 is 2.08 bits per heavy atom. The van der Waals surface area contributed by atoms with Gasteiger partial charge >= 0.3 is 0 Å². The summed E-state index contributed by atoms with van der Waals surface area (Å²) in [6.45, 7) is 19.9. The van der Waals surface area contributed by atoms with E-state index in [0.717, 1.165) is 61.5 Å². The normalized spacial score (nSPS) is 19.2. The quantitative estimate of drug-likeness (QED) is 0.163. The first-order valence-electron chi connectivity index (χ1n) is 14.9. The number of fused-ring (bicyclic) bond motifs is 1. The topological polar surface area (TPSA) is 30.5 Å². The number of ether oxygens (including phenoxy) is 2. The highest BCUT2D eigenvalue weighted by atomic mass is 35.5. The second-order valence-electron chi connectivity index (χ2n) is 12.5. The van der Waals surface area contributed by atoms with Crippen molar-refractivity contribution in [1.82, 2.24) is 4.84 Å². The number of rotatable bonds is 17. The molecule has 3 atom stereocenters. The van der Waals surface area contributed by atoms with Crippen LogP contribution in [-0.2, 0) is 6.42 Å². The van der Waals surface area contributed by atoms with Crippen LogP contribution in [0.4, 0.5) is 0 Å². The second-order valence-corrected chi connectivity index (χ2v) is 12.8. The lowest BCUT2D eigenvalue weighted by Gasteiger charge is -2.38. The third-order valence-corrected chi connectivity index (χ3v) is 8.69. The number of nitrogens with one attached hydrogen (secondary N) is 1. The zero-order valence-corrected chi connectivity index (χ0v) is 25.6. The summed E-state index contributed by atoms with van der Waals surface area (Å²) in [5, 5.41) is 0. The Morgan fingerprint density at radius 2 is 1.47 bits per heavy atom. The van der Waals surface area contributed by atoms with Crippen LogP contribution < -0.4 is 14.3 Å². The monoisotopic (exact) mass is 521 g/mol. The summed E-state index contributed by atoms with van der Waals surface area (Å²) in [6.07, 6.45) is 15.1. The predicted octanol–water partition coefficient (Wildman–Crippen LogP) is 9.65. The fourth-order valence-corrected chi connectivity index (χ4v) is 5.92. The maximum Gasteiger partial charge on any atom is 0.127 e. The van der Waals surface area contributed by atoms with Gasteiger partial charge in [-0.15, -0.1) is 0 Å². The van der Waals surface area contributed by atoms with Crippen LogP contribution in [0, 0.1) is 38.5 Å². The summed E-state index contributed by atoms with van der Waals surface area (Å²) in [7, 11) is 0. The standard InChI is InChI=1S/C32H56ClNO2/c1-23(2)13-9-14-24(3)15-10-16-25(4)17-11-19-32(8)20-18-29-28(7)30(35-22-12-21-34-33)26(5)27(6)31(29)36-32/h23-25,34H,9-22H2,1-8H3/t24-,25-,32-/m1/s1. The summed E-state index contributed by atoms with van der Waals surface area (Å²) in [5.41, 5.74) is 4.98. The van der Waals surface area contributed by atoms with Gasteiger partial charge in [0.2, 0.25) is 0 Å². The molecular weight excluding hydrogens is 466 g/mol. The highest BCUT2D eigenvalue weighted by Gasteiger charge is 2.34. The average molecular weight is 522 g/mol. The fourth-order valence-electron chi connectivity index (χ4n) is 5.79. The van der Waals surface area contributed by atoms with Gasteiger partial charge in [-0.1, -0.05) is 72.6 Å². The van der Waals surface area contributed by atoms with Crippen molar-refractivity contribution in [3.63, 3.8) is 0 Å². The SMILES string of the molecule is Cc1c(C)c2c(c(C)c1OCCCNCl)CC[C@@](C)(CCC[C@H](C)CCC[C@H](C)CCCC(C)C)O2. The molecule has 0 amide bonds. The van der Waals surface area contributed by atoms with Crippen LogP contribution in [0.3, 0.4) is 0 Å². The van der Waals surface area contributed by atoms with E-state index in [2.05, 4.69) is 60.2 Å². The Balaban J connectivity index is 1.81. The second kappa shape index (κ2) is 15.5. The molecule has 0 fully saturated rings. The Morgan fingerprint density at radius 1 is 0.861 bits per heavy atom. The minimum Gasteiger partial charge on any atom is -0.493 e. The van der Waals surface area contributed by atoms with Gasteiger partial charge in [-0.2, -0.15) is 0 Å². The van der Waals surface area contributed by atoms with Crippen molar-refractivity contribution in [2.24, 2.45) is 17.8 Å². The van der Waals surface area contributed by atoms with Crippen LogP contribution in [0.5, 0.6) is 11.5 Å². The molecule has 1 N–H and O–H groups in total. The van der Waals surface area contributed by atoms with E-state index >= 15 is 0 Å². The lowest BCUT2D eigenvalue weighted by Crippen LogP contribution is -2.37. The highest BCUT2D eigenvalue weighted by molar-refractivity contribution is 6.13. The molecule has 4 heteroatoms. The molecule has 0 aromatic heterocycles. The van der Waals surface area contributed by atoms with E-state index in [9.17, 15) is 0 Å². The third kappa shape index (κ3) is 9.75. The van der Waals surface area contributed by atoms with Crippen LogP contribution in [0.2, 0.25) is 0 Å². The summed E-state index contributed by atoms with van der Waals surface area (Å²) < 4.78 is 13.0. The van der Waals surface area contributed by atoms with E-state index in [4.69, 9.17) is 21.3 Å². The van der Waals surface area contributed by atoms with Crippen molar-refractivity contribution in [1.29, 1.82) is 0 Å². The van der Waals surface area contributed by atoms with E-state index in [1.165, 1.54) is 73.6 Å². The largest absolute Gasteiger partial charge is 0.493 e. The van der Waals surface area contributed by atoms with E-state index in [1.807, 2.05) is 0 Å². The summed E-state index contributed by atoms with van der Waals surface area (Å²) in [6, 6.07) is 0. The molecule has 0 unspecified atom stereocenters. The van der Waals surface area contributed by atoms with Crippen molar-refractivity contribution in [2.75, 3.05) is 13.2 Å². The maximum absolute atomic E-state index is 6.78.